The van der Waals surface area contributed by atoms with Crippen molar-refractivity contribution in [1.82, 2.24) is 4.90 Å². The maximum Gasteiger partial charge on any atom is 0.415 e. The average molecular weight is 273 g/mol. The van der Waals surface area contributed by atoms with Crippen LogP contribution in [0.1, 0.15) is 44.4 Å². The minimum Gasteiger partial charge on any atom is -0.497 e. The van der Waals surface area contributed by atoms with E-state index in [-0.39, 0.29) is 12.1 Å². The number of methoxy groups -OCH3 is 1. The van der Waals surface area contributed by atoms with Gasteiger partial charge in [0, 0.05) is 5.56 Å². The molecule has 0 spiro atoms. The maximum absolute atomic E-state index is 12.4. The number of nitrogens with zero attached hydrogens (tertiary/aromatic N) is 1. The molecule has 0 aromatic heterocycles. The van der Waals surface area contributed by atoms with E-state index in [1.165, 1.54) is 5.56 Å². The molecule has 4 nitrogen and oxygen atoms in total. The lowest BCUT2D eigenvalue weighted by molar-refractivity contribution is 0.0318. The fourth-order valence-corrected chi connectivity index (χ4v) is 2.81. The smallest absolute Gasteiger partial charge is 0.415 e. The van der Waals surface area contributed by atoms with Gasteiger partial charge in [-0.2, -0.15) is 0 Å². The highest BCUT2D eigenvalue weighted by Crippen LogP contribution is 2.50. The Morgan fingerprint density at radius 3 is 2.75 bits per heavy atom. The monoisotopic (exact) mass is 273 g/mol. The molecule has 1 amide bonds. The van der Waals surface area contributed by atoms with Crippen LogP contribution in [0.4, 0.5) is 4.79 Å². The van der Waals surface area contributed by atoms with Crippen molar-refractivity contribution in [2.45, 2.75) is 38.8 Å². The lowest BCUT2D eigenvalue weighted by atomic mass is 9.97. The quantitative estimate of drug-likeness (QED) is 0.782. The van der Waals surface area contributed by atoms with Gasteiger partial charge in [-0.25, -0.2) is 4.79 Å². The standard InChI is InChI=1S/C16H19NO3/c1-16(2,3)20-15(18)17-13-7-8-14(17)12-9-10(19-4)5-6-11(12)13/h5-6,8-9,13H,7H2,1-4H3. The van der Waals surface area contributed by atoms with E-state index in [4.69, 9.17) is 9.47 Å². The largest absolute Gasteiger partial charge is 0.497 e. The molecule has 3 rings (SSSR count). The van der Waals surface area contributed by atoms with Crippen molar-refractivity contribution in [2.24, 2.45) is 0 Å². The molecule has 0 aliphatic carbocycles. The predicted octanol–water partition coefficient (Wildman–Crippen LogP) is 3.73. The van der Waals surface area contributed by atoms with Crippen molar-refractivity contribution >= 4 is 11.8 Å². The van der Waals surface area contributed by atoms with Gasteiger partial charge in [0.2, 0.25) is 0 Å². The zero-order valence-electron chi connectivity index (χ0n) is 12.3. The van der Waals surface area contributed by atoms with Gasteiger partial charge in [0.25, 0.3) is 0 Å². The number of amides is 1. The van der Waals surface area contributed by atoms with Crippen LogP contribution in [0, 0.1) is 0 Å². The van der Waals surface area contributed by atoms with Crippen molar-refractivity contribution in [3.63, 3.8) is 0 Å². The van der Waals surface area contributed by atoms with E-state index >= 15 is 0 Å². The Kier molecular flexibility index (Phi) is 2.78. The SMILES string of the molecule is COc1ccc2c(c1)C1=CCC2N1C(=O)OC(C)(C)C. The lowest BCUT2D eigenvalue weighted by Crippen LogP contribution is -2.33. The fourth-order valence-electron chi connectivity index (χ4n) is 2.81. The number of rotatable bonds is 1. The molecule has 0 fully saturated rings. The Morgan fingerprint density at radius 1 is 1.35 bits per heavy atom. The second kappa shape index (κ2) is 4.27. The van der Waals surface area contributed by atoms with Gasteiger partial charge in [-0.3, -0.25) is 4.90 Å². The Bertz CT molecular complexity index is 598. The highest BCUT2D eigenvalue weighted by molar-refractivity contribution is 5.89. The molecule has 0 saturated heterocycles. The van der Waals surface area contributed by atoms with Crippen molar-refractivity contribution < 1.29 is 14.3 Å². The number of fused-ring (bicyclic) bond motifs is 5. The summed E-state index contributed by atoms with van der Waals surface area (Å²) in [4.78, 5) is 14.1. The number of carbonyl (C=O) groups is 1. The molecule has 106 valence electrons. The summed E-state index contributed by atoms with van der Waals surface area (Å²) in [6.07, 6.45) is 2.67. The minimum atomic E-state index is -0.483. The van der Waals surface area contributed by atoms with Gasteiger partial charge in [0.1, 0.15) is 11.4 Å². The van der Waals surface area contributed by atoms with E-state index in [9.17, 15) is 4.79 Å². The Balaban J connectivity index is 1.92. The maximum atomic E-state index is 12.4. The molecule has 1 aromatic carbocycles. The third kappa shape index (κ3) is 1.96. The third-order valence-electron chi connectivity index (χ3n) is 3.59. The summed E-state index contributed by atoms with van der Waals surface area (Å²) in [6, 6.07) is 6.03. The van der Waals surface area contributed by atoms with Crippen molar-refractivity contribution in [1.29, 1.82) is 0 Å². The second-order valence-electron chi connectivity index (χ2n) is 6.14. The van der Waals surface area contributed by atoms with Gasteiger partial charge >= 0.3 is 6.09 Å². The highest BCUT2D eigenvalue weighted by atomic mass is 16.6. The molecule has 2 aliphatic rings. The molecule has 1 unspecified atom stereocenters. The summed E-state index contributed by atoms with van der Waals surface area (Å²) in [5.41, 5.74) is 2.71. The first-order chi connectivity index (χ1) is 9.40. The van der Waals surface area contributed by atoms with E-state index in [1.54, 1.807) is 12.0 Å². The molecular weight excluding hydrogens is 254 g/mol. The first-order valence-electron chi connectivity index (χ1n) is 6.81. The summed E-state index contributed by atoms with van der Waals surface area (Å²) in [5, 5.41) is 0. The van der Waals surface area contributed by atoms with Gasteiger partial charge in [-0.1, -0.05) is 12.1 Å². The summed E-state index contributed by atoms with van der Waals surface area (Å²) < 4.78 is 10.8. The van der Waals surface area contributed by atoms with Crippen LogP contribution >= 0.6 is 0 Å². The topological polar surface area (TPSA) is 38.8 Å². The van der Waals surface area contributed by atoms with E-state index in [0.29, 0.717) is 0 Å². The molecule has 4 heteroatoms. The molecule has 0 saturated carbocycles. The van der Waals surface area contributed by atoms with Gasteiger partial charge in [0.05, 0.1) is 18.8 Å². The molecule has 1 atom stereocenters. The molecule has 20 heavy (non-hydrogen) atoms. The van der Waals surface area contributed by atoms with Crippen LogP contribution in [0.3, 0.4) is 0 Å². The third-order valence-corrected chi connectivity index (χ3v) is 3.59. The van der Waals surface area contributed by atoms with E-state index in [0.717, 1.165) is 23.4 Å². The summed E-state index contributed by atoms with van der Waals surface area (Å²) in [5.74, 6) is 0.807. The van der Waals surface area contributed by atoms with Crippen LogP contribution in [-0.4, -0.2) is 23.7 Å². The average Bonchev–Trinajstić information content (AvgIpc) is 2.92. The number of hydrogen-bond donors (Lipinski definition) is 0. The van der Waals surface area contributed by atoms with Crippen LogP contribution in [-0.2, 0) is 4.74 Å². The van der Waals surface area contributed by atoms with Crippen LogP contribution in [0.5, 0.6) is 5.75 Å². The Morgan fingerprint density at radius 2 is 2.10 bits per heavy atom. The van der Waals surface area contributed by atoms with Crippen molar-refractivity contribution in [3.8, 4) is 5.75 Å². The lowest BCUT2D eigenvalue weighted by Gasteiger charge is -2.26. The van der Waals surface area contributed by atoms with Crippen LogP contribution in [0.2, 0.25) is 0 Å². The van der Waals surface area contributed by atoms with Crippen LogP contribution in [0.25, 0.3) is 5.70 Å². The normalized spacial score (nSPS) is 19.7. The van der Waals surface area contributed by atoms with Gasteiger partial charge in [0.15, 0.2) is 0 Å². The number of ether oxygens (including phenoxy) is 2. The van der Waals surface area contributed by atoms with Gasteiger partial charge < -0.3 is 9.47 Å². The summed E-state index contributed by atoms with van der Waals surface area (Å²) in [6.45, 7) is 5.65. The Labute approximate surface area is 119 Å². The van der Waals surface area contributed by atoms with Crippen LogP contribution < -0.4 is 4.74 Å². The van der Waals surface area contributed by atoms with E-state index < -0.39 is 5.60 Å². The highest BCUT2D eigenvalue weighted by Gasteiger charge is 2.43. The van der Waals surface area contributed by atoms with Crippen molar-refractivity contribution in [2.75, 3.05) is 7.11 Å². The fraction of sp³-hybridized carbons (Fsp3) is 0.438. The first kappa shape index (κ1) is 13.0. The van der Waals surface area contributed by atoms with E-state index in [1.807, 2.05) is 39.0 Å². The molecule has 2 bridgehead atoms. The molecular formula is C16H19NO3. The number of benzene rings is 1. The van der Waals surface area contributed by atoms with Gasteiger partial charge in [-0.15, -0.1) is 0 Å². The second-order valence-corrected chi connectivity index (χ2v) is 6.14. The van der Waals surface area contributed by atoms with Crippen molar-refractivity contribution in [3.05, 3.63) is 35.4 Å². The molecule has 0 radical (unpaired) electrons. The first-order valence-corrected chi connectivity index (χ1v) is 6.81. The zero-order valence-corrected chi connectivity index (χ0v) is 12.3. The Hall–Kier alpha value is -1.97. The van der Waals surface area contributed by atoms with E-state index in [2.05, 4.69) is 6.08 Å². The molecule has 1 aromatic rings. The summed E-state index contributed by atoms with van der Waals surface area (Å²) in [7, 11) is 1.65. The molecule has 2 heterocycles. The summed E-state index contributed by atoms with van der Waals surface area (Å²) >= 11 is 0. The van der Waals surface area contributed by atoms with Gasteiger partial charge in [-0.05, 0) is 44.9 Å². The minimum absolute atomic E-state index is 0.0701. The molecule has 2 aliphatic heterocycles. The van der Waals surface area contributed by atoms with Crippen LogP contribution in [0.15, 0.2) is 24.3 Å². The number of hydrogen-bond acceptors (Lipinski definition) is 3. The predicted molar refractivity (Wildman–Crippen MR) is 76.4 cm³/mol. The molecule has 0 N–H and O–H groups in total. The number of carbonyl (C=O) groups excluding carboxylic acids is 1. The zero-order chi connectivity index (χ0) is 14.5.